The monoisotopic (exact) mass is 592 g/mol. The van der Waals surface area contributed by atoms with Gasteiger partial charge in [-0.25, -0.2) is 13.4 Å². The highest BCUT2D eigenvalue weighted by Gasteiger charge is 2.25. The molecule has 1 aromatic heterocycles. The summed E-state index contributed by atoms with van der Waals surface area (Å²) in [7, 11) is -2.16. The lowest BCUT2D eigenvalue weighted by molar-refractivity contribution is 0.0376. The van der Waals surface area contributed by atoms with Crippen LogP contribution in [0.5, 0.6) is 0 Å². The van der Waals surface area contributed by atoms with Crippen LogP contribution < -0.4 is 4.90 Å². The molecule has 0 N–H and O–H groups in total. The summed E-state index contributed by atoms with van der Waals surface area (Å²) in [4.78, 5) is 23.0. The van der Waals surface area contributed by atoms with Gasteiger partial charge in [0.15, 0.2) is 5.13 Å². The van der Waals surface area contributed by atoms with Crippen LogP contribution in [0, 0.1) is 13.8 Å². The second-order valence-corrected chi connectivity index (χ2v) is 13.5. The molecule has 4 aromatic rings. The fraction of sp³-hybridized carbons (Fsp3) is 0.355. The van der Waals surface area contributed by atoms with E-state index in [4.69, 9.17) is 9.72 Å². The Labute approximate surface area is 246 Å². The third-order valence-electron chi connectivity index (χ3n) is 7.30. The summed E-state index contributed by atoms with van der Waals surface area (Å²) in [6.07, 6.45) is 0.788. The Bertz CT molecular complexity index is 1600. The third kappa shape index (κ3) is 6.85. The Kier molecular flexibility index (Phi) is 9.16. The molecule has 1 aliphatic rings. The van der Waals surface area contributed by atoms with Gasteiger partial charge in [0.1, 0.15) is 0 Å². The average Bonchev–Trinajstić information content (AvgIpc) is 3.40. The van der Waals surface area contributed by atoms with E-state index < -0.39 is 10.0 Å². The van der Waals surface area contributed by atoms with Crippen LogP contribution in [0.3, 0.4) is 0 Å². The maximum absolute atomic E-state index is 13.9. The maximum Gasteiger partial charge on any atom is 0.260 e. The molecule has 0 atom stereocenters. The van der Waals surface area contributed by atoms with E-state index in [0.717, 1.165) is 66.2 Å². The molecule has 5 rings (SSSR count). The summed E-state index contributed by atoms with van der Waals surface area (Å²) in [5, 5.41) is 0.653. The van der Waals surface area contributed by atoms with Crippen LogP contribution in [0.2, 0.25) is 0 Å². The zero-order valence-electron chi connectivity index (χ0n) is 23.7. The van der Waals surface area contributed by atoms with Gasteiger partial charge in [0.25, 0.3) is 5.91 Å². The van der Waals surface area contributed by atoms with E-state index in [9.17, 15) is 13.2 Å². The highest BCUT2D eigenvalue weighted by Crippen LogP contribution is 2.33. The molecular weight excluding hydrogens is 556 g/mol. The van der Waals surface area contributed by atoms with Crippen molar-refractivity contribution >= 4 is 42.6 Å². The van der Waals surface area contributed by atoms with Crippen LogP contribution in [0.25, 0.3) is 10.2 Å². The fourth-order valence-electron chi connectivity index (χ4n) is 5.07. The zero-order valence-corrected chi connectivity index (χ0v) is 25.4. The maximum atomic E-state index is 13.9. The van der Waals surface area contributed by atoms with Crippen molar-refractivity contribution in [2.45, 2.75) is 31.7 Å². The SMILES string of the molecule is Cc1cc(C)c2sc(N(CCCN3CCOCC3)C(=O)c3ccc(S(=O)(=O)N(C)Cc4ccccc4)cc3)nc2c1. The smallest absolute Gasteiger partial charge is 0.260 e. The van der Waals surface area contributed by atoms with Crippen molar-refractivity contribution in [2.24, 2.45) is 0 Å². The Morgan fingerprint density at radius 2 is 1.73 bits per heavy atom. The topological polar surface area (TPSA) is 83.0 Å². The summed E-state index contributed by atoms with van der Waals surface area (Å²) in [6.45, 7) is 8.99. The van der Waals surface area contributed by atoms with E-state index in [1.165, 1.54) is 27.8 Å². The number of ether oxygens (including phenoxy) is 1. The second-order valence-electron chi connectivity index (χ2n) is 10.5. The standard InChI is InChI=1S/C31H36N4O4S2/c1-23-20-24(2)29-28(21-23)32-31(40-29)35(15-7-14-34-16-18-39-19-17-34)30(36)26-10-12-27(13-11-26)41(37,38)33(3)22-25-8-5-4-6-9-25/h4-6,8-13,20-21H,7,14-19,22H2,1-3H3. The summed E-state index contributed by atoms with van der Waals surface area (Å²) in [5.41, 5.74) is 4.48. The Balaban J connectivity index is 1.37. The minimum atomic E-state index is -3.72. The highest BCUT2D eigenvalue weighted by atomic mass is 32.2. The molecule has 0 saturated carbocycles. The van der Waals surface area contributed by atoms with Gasteiger partial charge in [0.05, 0.1) is 28.3 Å². The first-order chi connectivity index (χ1) is 19.7. The van der Waals surface area contributed by atoms with E-state index in [-0.39, 0.29) is 17.3 Å². The molecule has 0 spiro atoms. The summed E-state index contributed by atoms with van der Waals surface area (Å²) < 4.78 is 34.3. The van der Waals surface area contributed by atoms with Gasteiger partial charge in [0, 0.05) is 45.3 Å². The van der Waals surface area contributed by atoms with Crippen molar-refractivity contribution < 1.29 is 17.9 Å². The molecule has 0 radical (unpaired) electrons. The lowest BCUT2D eigenvalue weighted by Crippen LogP contribution is -2.39. The van der Waals surface area contributed by atoms with Crippen LogP contribution in [0.15, 0.2) is 71.6 Å². The number of anilines is 1. The summed E-state index contributed by atoms with van der Waals surface area (Å²) in [6, 6.07) is 19.9. The van der Waals surface area contributed by atoms with Gasteiger partial charge in [-0.05, 0) is 67.3 Å². The van der Waals surface area contributed by atoms with E-state index in [0.29, 0.717) is 17.2 Å². The van der Waals surface area contributed by atoms with Gasteiger partial charge in [-0.1, -0.05) is 47.7 Å². The molecule has 0 bridgehead atoms. The van der Waals surface area contributed by atoms with Gasteiger partial charge >= 0.3 is 0 Å². The van der Waals surface area contributed by atoms with Crippen LogP contribution in [0.4, 0.5) is 5.13 Å². The average molecular weight is 593 g/mol. The Hall–Kier alpha value is -3.15. The van der Waals surface area contributed by atoms with Gasteiger partial charge in [-0.15, -0.1) is 0 Å². The first-order valence-corrected chi connectivity index (χ1v) is 16.1. The molecule has 2 heterocycles. The van der Waals surface area contributed by atoms with Crippen molar-refractivity contribution in [3.63, 3.8) is 0 Å². The Morgan fingerprint density at radius 1 is 1.02 bits per heavy atom. The molecule has 1 aliphatic heterocycles. The molecule has 3 aromatic carbocycles. The molecule has 216 valence electrons. The number of hydrogen-bond donors (Lipinski definition) is 0. The number of amides is 1. The number of aromatic nitrogens is 1. The lowest BCUT2D eigenvalue weighted by Gasteiger charge is -2.27. The molecule has 8 nitrogen and oxygen atoms in total. The number of benzene rings is 3. The molecule has 41 heavy (non-hydrogen) atoms. The zero-order chi connectivity index (χ0) is 29.0. The van der Waals surface area contributed by atoms with Crippen LogP contribution >= 0.6 is 11.3 Å². The number of sulfonamides is 1. The van der Waals surface area contributed by atoms with Crippen molar-refractivity contribution in [1.29, 1.82) is 0 Å². The number of nitrogens with zero attached hydrogens (tertiary/aromatic N) is 4. The minimum Gasteiger partial charge on any atom is -0.379 e. The summed E-state index contributed by atoms with van der Waals surface area (Å²) in [5.74, 6) is -0.193. The van der Waals surface area contributed by atoms with Crippen molar-refractivity contribution in [3.8, 4) is 0 Å². The normalized spacial score (nSPS) is 14.5. The van der Waals surface area contributed by atoms with Gasteiger partial charge in [-0.3, -0.25) is 14.6 Å². The first kappa shape index (κ1) is 29.3. The number of aryl methyl sites for hydroxylation is 2. The highest BCUT2D eigenvalue weighted by molar-refractivity contribution is 7.89. The van der Waals surface area contributed by atoms with Gasteiger partial charge < -0.3 is 4.74 Å². The number of rotatable bonds is 10. The first-order valence-electron chi connectivity index (χ1n) is 13.8. The van der Waals surface area contributed by atoms with Crippen molar-refractivity contribution in [3.05, 3.63) is 89.0 Å². The molecule has 0 unspecified atom stereocenters. The predicted molar refractivity (Wildman–Crippen MR) is 164 cm³/mol. The molecular formula is C31H36N4O4S2. The molecule has 1 saturated heterocycles. The number of carbonyl (C=O) groups excluding carboxylic acids is 1. The van der Waals surface area contributed by atoms with Crippen LogP contribution in [0.1, 0.15) is 33.5 Å². The predicted octanol–water partition coefficient (Wildman–Crippen LogP) is 5.10. The van der Waals surface area contributed by atoms with Crippen LogP contribution in [-0.4, -0.2) is 75.0 Å². The van der Waals surface area contributed by atoms with Gasteiger partial charge in [0.2, 0.25) is 10.0 Å². The number of carbonyl (C=O) groups is 1. The molecule has 1 fully saturated rings. The number of fused-ring (bicyclic) bond motifs is 1. The third-order valence-corrected chi connectivity index (χ3v) is 10.3. The number of morpholine rings is 1. The second kappa shape index (κ2) is 12.8. The quantitative estimate of drug-likeness (QED) is 0.255. The summed E-state index contributed by atoms with van der Waals surface area (Å²) >= 11 is 1.52. The fourth-order valence-corrected chi connectivity index (χ4v) is 7.27. The van der Waals surface area contributed by atoms with Crippen LogP contribution in [-0.2, 0) is 21.3 Å². The molecule has 0 aliphatic carbocycles. The van der Waals surface area contributed by atoms with E-state index in [1.54, 1.807) is 24.1 Å². The van der Waals surface area contributed by atoms with E-state index in [1.807, 2.05) is 43.3 Å². The number of thiazole rings is 1. The number of hydrogen-bond acceptors (Lipinski definition) is 7. The van der Waals surface area contributed by atoms with E-state index >= 15 is 0 Å². The van der Waals surface area contributed by atoms with Crippen molar-refractivity contribution in [2.75, 3.05) is 51.3 Å². The largest absolute Gasteiger partial charge is 0.379 e. The molecule has 1 amide bonds. The molecule has 10 heteroatoms. The minimum absolute atomic E-state index is 0.150. The lowest BCUT2D eigenvalue weighted by atomic mass is 10.1. The van der Waals surface area contributed by atoms with Crippen molar-refractivity contribution in [1.82, 2.24) is 14.2 Å². The van der Waals surface area contributed by atoms with E-state index in [2.05, 4.69) is 17.9 Å². The Morgan fingerprint density at radius 3 is 2.44 bits per heavy atom. The van der Waals surface area contributed by atoms with Gasteiger partial charge in [-0.2, -0.15) is 4.31 Å².